The summed E-state index contributed by atoms with van der Waals surface area (Å²) >= 11 is 0. The molecule has 1 saturated carbocycles. The molecule has 0 heterocycles. The van der Waals surface area contributed by atoms with Crippen LogP contribution in [0.3, 0.4) is 0 Å². The van der Waals surface area contributed by atoms with Crippen LogP contribution >= 0.6 is 0 Å². The van der Waals surface area contributed by atoms with E-state index in [2.05, 4.69) is 31.9 Å². The predicted octanol–water partition coefficient (Wildman–Crippen LogP) is 3.05. The van der Waals surface area contributed by atoms with Crippen molar-refractivity contribution in [3.8, 4) is 6.07 Å². The summed E-state index contributed by atoms with van der Waals surface area (Å²) in [6.07, 6.45) is 6.79. The third-order valence-electron chi connectivity index (χ3n) is 3.65. The van der Waals surface area contributed by atoms with Gasteiger partial charge in [-0.15, -0.1) is 0 Å². The first kappa shape index (κ1) is 12.5. The van der Waals surface area contributed by atoms with Gasteiger partial charge in [-0.2, -0.15) is 5.26 Å². The van der Waals surface area contributed by atoms with Gasteiger partial charge in [0, 0.05) is 12.6 Å². The highest BCUT2D eigenvalue weighted by atomic mass is 15.1. The van der Waals surface area contributed by atoms with Gasteiger partial charge in [0.1, 0.15) is 0 Å². The average molecular weight is 208 g/mol. The van der Waals surface area contributed by atoms with Crippen LogP contribution in [0.15, 0.2) is 0 Å². The molecule has 0 aromatic heterocycles. The van der Waals surface area contributed by atoms with Gasteiger partial charge in [0.15, 0.2) is 0 Å². The number of nitriles is 1. The predicted molar refractivity (Wildman–Crippen MR) is 63.4 cm³/mol. The lowest BCUT2D eigenvalue weighted by atomic mass is 9.92. The second kappa shape index (κ2) is 6.12. The summed E-state index contributed by atoms with van der Waals surface area (Å²) in [5, 5.41) is 9.07. The lowest BCUT2D eigenvalue weighted by Gasteiger charge is -2.33. The average Bonchev–Trinajstić information content (AvgIpc) is 2.26. The highest BCUT2D eigenvalue weighted by Gasteiger charge is 2.22. The summed E-state index contributed by atoms with van der Waals surface area (Å²) in [4.78, 5) is 2.41. The molecule has 1 aliphatic carbocycles. The van der Waals surface area contributed by atoms with E-state index in [4.69, 9.17) is 5.26 Å². The summed E-state index contributed by atoms with van der Waals surface area (Å²) in [7, 11) is 2.18. The van der Waals surface area contributed by atoms with Crippen molar-refractivity contribution >= 4 is 0 Å². The van der Waals surface area contributed by atoms with Crippen LogP contribution in [0.2, 0.25) is 0 Å². The third-order valence-corrected chi connectivity index (χ3v) is 3.65. The van der Waals surface area contributed by atoms with Crippen molar-refractivity contribution in [1.82, 2.24) is 4.90 Å². The molecule has 1 atom stereocenters. The summed E-state index contributed by atoms with van der Waals surface area (Å²) in [5.41, 5.74) is 0. The molecule has 1 rings (SSSR count). The molecular formula is C13H24N2. The minimum Gasteiger partial charge on any atom is -0.302 e. The van der Waals surface area contributed by atoms with Gasteiger partial charge in [-0.25, -0.2) is 0 Å². The van der Waals surface area contributed by atoms with Crippen LogP contribution in [-0.2, 0) is 0 Å². The van der Waals surface area contributed by atoms with E-state index in [0.717, 1.165) is 12.6 Å². The molecule has 86 valence electrons. The molecule has 1 unspecified atom stereocenters. The van der Waals surface area contributed by atoms with E-state index in [9.17, 15) is 0 Å². The Morgan fingerprint density at radius 2 is 1.87 bits per heavy atom. The lowest BCUT2D eigenvalue weighted by Crippen LogP contribution is -2.37. The van der Waals surface area contributed by atoms with Crippen LogP contribution in [0.4, 0.5) is 0 Å². The second-order valence-corrected chi connectivity index (χ2v) is 5.21. The van der Waals surface area contributed by atoms with E-state index in [1.165, 1.54) is 32.1 Å². The summed E-state index contributed by atoms with van der Waals surface area (Å²) in [5.74, 6) is 0.665. The maximum absolute atomic E-state index is 9.07. The lowest BCUT2D eigenvalue weighted by molar-refractivity contribution is 0.166. The van der Waals surface area contributed by atoms with Crippen molar-refractivity contribution in [3.63, 3.8) is 0 Å². The zero-order valence-electron chi connectivity index (χ0n) is 10.4. The van der Waals surface area contributed by atoms with E-state index in [1.807, 2.05) is 0 Å². The minimum atomic E-state index is 0.192. The Labute approximate surface area is 94.3 Å². The zero-order valence-corrected chi connectivity index (χ0v) is 10.4. The number of rotatable bonds is 4. The molecule has 0 N–H and O–H groups in total. The van der Waals surface area contributed by atoms with Gasteiger partial charge in [0.2, 0.25) is 0 Å². The number of hydrogen-bond donors (Lipinski definition) is 0. The Bertz CT molecular complexity index is 211. The van der Waals surface area contributed by atoms with Crippen LogP contribution in [0, 0.1) is 23.2 Å². The van der Waals surface area contributed by atoms with Gasteiger partial charge < -0.3 is 4.90 Å². The van der Waals surface area contributed by atoms with Gasteiger partial charge in [0.25, 0.3) is 0 Å². The topological polar surface area (TPSA) is 27.0 Å². The molecule has 0 radical (unpaired) electrons. The molecule has 0 saturated heterocycles. The SMILES string of the molecule is CC(C)C(C#N)CN(C)C1CCCCC1. The van der Waals surface area contributed by atoms with E-state index in [-0.39, 0.29) is 5.92 Å². The zero-order chi connectivity index (χ0) is 11.3. The van der Waals surface area contributed by atoms with E-state index in [0.29, 0.717) is 5.92 Å². The number of hydrogen-bond acceptors (Lipinski definition) is 2. The Hall–Kier alpha value is -0.550. The van der Waals surface area contributed by atoms with Crippen molar-refractivity contribution in [1.29, 1.82) is 5.26 Å². The van der Waals surface area contributed by atoms with Gasteiger partial charge in [0.05, 0.1) is 12.0 Å². The molecular weight excluding hydrogens is 184 g/mol. The smallest absolute Gasteiger partial charge is 0.0672 e. The molecule has 1 fully saturated rings. The molecule has 1 aliphatic rings. The Morgan fingerprint density at radius 3 is 2.33 bits per heavy atom. The third kappa shape index (κ3) is 3.83. The molecule has 0 aromatic rings. The van der Waals surface area contributed by atoms with Crippen molar-refractivity contribution in [2.75, 3.05) is 13.6 Å². The summed E-state index contributed by atoms with van der Waals surface area (Å²) in [6.45, 7) is 5.23. The molecule has 2 heteroatoms. The van der Waals surface area contributed by atoms with Crippen LogP contribution in [-0.4, -0.2) is 24.5 Å². The van der Waals surface area contributed by atoms with E-state index >= 15 is 0 Å². The van der Waals surface area contributed by atoms with Crippen molar-refractivity contribution in [3.05, 3.63) is 0 Å². The van der Waals surface area contributed by atoms with Gasteiger partial charge in [-0.3, -0.25) is 0 Å². The molecule has 0 aliphatic heterocycles. The first-order valence-electron chi connectivity index (χ1n) is 6.25. The maximum atomic E-state index is 9.07. The summed E-state index contributed by atoms with van der Waals surface area (Å²) in [6, 6.07) is 3.16. The molecule has 0 aromatic carbocycles. The van der Waals surface area contributed by atoms with Gasteiger partial charge in [-0.1, -0.05) is 33.1 Å². The van der Waals surface area contributed by atoms with Crippen LogP contribution in [0.5, 0.6) is 0 Å². The summed E-state index contributed by atoms with van der Waals surface area (Å²) < 4.78 is 0. The highest BCUT2D eigenvalue weighted by Crippen LogP contribution is 2.23. The van der Waals surface area contributed by atoms with E-state index < -0.39 is 0 Å². The largest absolute Gasteiger partial charge is 0.302 e. The standard InChI is InChI=1S/C13H24N2/c1-11(2)12(9-14)10-15(3)13-7-5-4-6-8-13/h11-13H,4-8,10H2,1-3H3. The molecule has 0 bridgehead atoms. The Balaban J connectivity index is 2.39. The molecule has 2 nitrogen and oxygen atoms in total. The molecule has 15 heavy (non-hydrogen) atoms. The van der Waals surface area contributed by atoms with Crippen molar-refractivity contribution < 1.29 is 0 Å². The second-order valence-electron chi connectivity index (χ2n) is 5.21. The first-order valence-corrected chi connectivity index (χ1v) is 6.25. The molecule has 0 amide bonds. The molecule has 0 spiro atoms. The fraction of sp³-hybridized carbons (Fsp3) is 0.923. The fourth-order valence-electron chi connectivity index (χ4n) is 2.38. The Kier molecular flexibility index (Phi) is 5.11. The van der Waals surface area contributed by atoms with Crippen molar-refractivity contribution in [2.45, 2.75) is 52.0 Å². The van der Waals surface area contributed by atoms with Gasteiger partial charge >= 0.3 is 0 Å². The highest BCUT2D eigenvalue weighted by molar-refractivity contribution is 4.88. The Morgan fingerprint density at radius 1 is 1.27 bits per heavy atom. The van der Waals surface area contributed by atoms with Crippen LogP contribution in [0.25, 0.3) is 0 Å². The quantitative estimate of drug-likeness (QED) is 0.710. The minimum absolute atomic E-state index is 0.192. The first-order chi connectivity index (χ1) is 7.15. The van der Waals surface area contributed by atoms with Gasteiger partial charge in [-0.05, 0) is 25.8 Å². The van der Waals surface area contributed by atoms with Crippen LogP contribution in [0.1, 0.15) is 46.0 Å². The van der Waals surface area contributed by atoms with E-state index in [1.54, 1.807) is 0 Å². The maximum Gasteiger partial charge on any atom is 0.0672 e. The van der Waals surface area contributed by atoms with Crippen LogP contribution < -0.4 is 0 Å². The fourth-order valence-corrected chi connectivity index (χ4v) is 2.38. The monoisotopic (exact) mass is 208 g/mol. The number of nitrogens with zero attached hydrogens (tertiary/aromatic N) is 2. The normalized spacial score (nSPS) is 20.5. The van der Waals surface area contributed by atoms with Crippen molar-refractivity contribution in [2.24, 2.45) is 11.8 Å².